The zero-order valence-corrected chi connectivity index (χ0v) is 23.2. The van der Waals surface area contributed by atoms with E-state index in [4.69, 9.17) is 9.72 Å². The molecule has 0 saturated carbocycles. The molecule has 0 saturated heterocycles. The lowest BCUT2D eigenvalue weighted by molar-refractivity contribution is 0.0631. The number of amides is 1. The molecule has 1 atom stereocenters. The minimum Gasteiger partial charge on any atom is -0.494 e. The van der Waals surface area contributed by atoms with Gasteiger partial charge in [-0.25, -0.2) is 4.98 Å². The average Bonchev–Trinajstić information content (AvgIpc) is 2.89. The fourth-order valence-electron chi connectivity index (χ4n) is 4.53. The first-order valence-corrected chi connectivity index (χ1v) is 13.4. The summed E-state index contributed by atoms with van der Waals surface area (Å²) in [5, 5.41) is 0.532. The molecule has 0 spiro atoms. The Morgan fingerprint density at radius 3 is 2.30 bits per heavy atom. The van der Waals surface area contributed by atoms with Crippen LogP contribution in [0, 0.1) is 5.92 Å². The lowest BCUT2D eigenvalue weighted by Gasteiger charge is -2.33. The molecule has 0 radical (unpaired) electrons. The highest BCUT2D eigenvalue weighted by Crippen LogP contribution is 2.29. The third-order valence-corrected chi connectivity index (χ3v) is 6.71. The molecule has 4 aromatic rings. The summed E-state index contributed by atoms with van der Waals surface area (Å²) in [6.07, 6.45) is 0.594. The molecular weight excluding hydrogens is 530 g/mol. The van der Waals surface area contributed by atoms with Crippen LogP contribution in [0.4, 0.5) is 0 Å². The number of carbonyl (C=O) groups is 1. The maximum Gasteiger partial charge on any atom is 0.266 e. The number of benzene rings is 3. The van der Waals surface area contributed by atoms with E-state index in [9.17, 15) is 9.59 Å². The minimum absolute atomic E-state index is 0.0892. The van der Waals surface area contributed by atoms with Crippen molar-refractivity contribution in [2.45, 2.75) is 40.2 Å². The zero-order chi connectivity index (χ0) is 26.5. The molecule has 0 bridgehead atoms. The van der Waals surface area contributed by atoms with Crippen molar-refractivity contribution < 1.29 is 9.53 Å². The van der Waals surface area contributed by atoms with Crippen LogP contribution in [0.15, 0.2) is 82.1 Å². The summed E-state index contributed by atoms with van der Waals surface area (Å²) in [7, 11) is 0. The molecule has 0 aliphatic rings. The molecule has 192 valence electrons. The number of para-hydroxylation sites is 1. The second-order valence-electron chi connectivity index (χ2n) is 9.34. The summed E-state index contributed by atoms with van der Waals surface area (Å²) < 4.78 is 8.16. The van der Waals surface area contributed by atoms with Crippen LogP contribution in [0.25, 0.3) is 16.6 Å². The Morgan fingerprint density at radius 1 is 1.00 bits per heavy atom. The van der Waals surface area contributed by atoms with Gasteiger partial charge < -0.3 is 9.64 Å². The summed E-state index contributed by atoms with van der Waals surface area (Å²) in [4.78, 5) is 34.6. The SMILES string of the molecule is CCOc1ccc(-n2c(C(CC)N(CC(C)C)C(=O)c3ccc(Br)cc3)nc3ccccc3c2=O)cc1. The molecule has 1 amide bonds. The van der Waals surface area contributed by atoms with Gasteiger partial charge in [0.05, 0.1) is 29.2 Å². The van der Waals surface area contributed by atoms with Crippen molar-refractivity contribution in [2.24, 2.45) is 5.92 Å². The van der Waals surface area contributed by atoms with Gasteiger partial charge in [0.2, 0.25) is 0 Å². The number of hydrogen-bond acceptors (Lipinski definition) is 4. The van der Waals surface area contributed by atoms with E-state index in [1.165, 1.54) is 0 Å². The lowest BCUT2D eigenvalue weighted by atomic mass is 10.1. The molecule has 1 unspecified atom stereocenters. The van der Waals surface area contributed by atoms with E-state index in [1.54, 1.807) is 10.6 Å². The van der Waals surface area contributed by atoms with E-state index in [0.29, 0.717) is 47.6 Å². The van der Waals surface area contributed by atoms with Gasteiger partial charge >= 0.3 is 0 Å². The third-order valence-electron chi connectivity index (χ3n) is 6.18. The smallest absolute Gasteiger partial charge is 0.266 e. The fraction of sp³-hybridized carbons (Fsp3) is 0.300. The van der Waals surface area contributed by atoms with Gasteiger partial charge in [0.25, 0.3) is 11.5 Å². The van der Waals surface area contributed by atoms with Crippen molar-refractivity contribution >= 4 is 32.7 Å². The topological polar surface area (TPSA) is 64.4 Å². The van der Waals surface area contributed by atoms with Crippen molar-refractivity contribution in [3.8, 4) is 11.4 Å². The number of aromatic nitrogens is 2. The molecule has 37 heavy (non-hydrogen) atoms. The van der Waals surface area contributed by atoms with Crippen molar-refractivity contribution in [1.29, 1.82) is 0 Å². The minimum atomic E-state index is -0.414. The molecule has 0 aliphatic heterocycles. The van der Waals surface area contributed by atoms with Crippen molar-refractivity contribution in [2.75, 3.05) is 13.2 Å². The van der Waals surface area contributed by atoms with Gasteiger partial charge in [-0.2, -0.15) is 0 Å². The summed E-state index contributed by atoms with van der Waals surface area (Å²) in [6, 6.07) is 21.7. The number of halogens is 1. The first kappa shape index (κ1) is 26.6. The molecule has 7 heteroatoms. The van der Waals surface area contributed by atoms with Gasteiger partial charge in [-0.3, -0.25) is 14.2 Å². The van der Waals surface area contributed by atoms with E-state index in [1.807, 2.05) is 85.5 Å². The Bertz CT molecular complexity index is 1430. The number of rotatable bonds is 9. The zero-order valence-electron chi connectivity index (χ0n) is 21.6. The molecule has 0 aliphatic carbocycles. The molecule has 6 nitrogen and oxygen atoms in total. The highest BCUT2D eigenvalue weighted by molar-refractivity contribution is 9.10. The quantitative estimate of drug-likeness (QED) is 0.225. The average molecular weight is 563 g/mol. The Balaban J connectivity index is 1.92. The second-order valence-corrected chi connectivity index (χ2v) is 10.3. The van der Waals surface area contributed by atoms with Crippen LogP contribution in [0.5, 0.6) is 5.75 Å². The van der Waals surface area contributed by atoms with Crippen LogP contribution in [0.3, 0.4) is 0 Å². The second kappa shape index (κ2) is 11.7. The predicted molar refractivity (Wildman–Crippen MR) is 152 cm³/mol. The van der Waals surface area contributed by atoms with Gasteiger partial charge in [-0.15, -0.1) is 0 Å². The highest BCUT2D eigenvalue weighted by Gasteiger charge is 2.30. The first-order valence-electron chi connectivity index (χ1n) is 12.7. The maximum atomic E-state index is 13.9. The fourth-order valence-corrected chi connectivity index (χ4v) is 4.79. The summed E-state index contributed by atoms with van der Waals surface area (Å²) in [6.45, 7) is 9.21. The highest BCUT2D eigenvalue weighted by atomic mass is 79.9. The normalized spacial score (nSPS) is 12.1. The van der Waals surface area contributed by atoms with E-state index in [2.05, 4.69) is 29.8 Å². The number of ether oxygens (including phenoxy) is 1. The number of nitrogens with zero attached hydrogens (tertiary/aromatic N) is 3. The number of carbonyl (C=O) groups excluding carboxylic acids is 1. The van der Waals surface area contributed by atoms with Gasteiger partial charge in [0.1, 0.15) is 11.6 Å². The van der Waals surface area contributed by atoms with E-state index in [0.717, 1.165) is 10.2 Å². The largest absolute Gasteiger partial charge is 0.494 e. The van der Waals surface area contributed by atoms with Gasteiger partial charge in [-0.1, -0.05) is 48.8 Å². The first-order chi connectivity index (χ1) is 17.8. The van der Waals surface area contributed by atoms with Crippen molar-refractivity contribution in [1.82, 2.24) is 14.5 Å². The van der Waals surface area contributed by atoms with Gasteiger partial charge in [0, 0.05) is 16.6 Å². The van der Waals surface area contributed by atoms with E-state index < -0.39 is 6.04 Å². The molecule has 0 N–H and O–H groups in total. The van der Waals surface area contributed by atoms with Crippen molar-refractivity contribution in [3.63, 3.8) is 0 Å². The molecule has 1 heterocycles. The number of hydrogen-bond donors (Lipinski definition) is 0. The molecule has 4 rings (SSSR count). The van der Waals surface area contributed by atoms with Crippen LogP contribution < -0.4 is 10.3 Å². The van der Waals surface area contributed by atoms with Crippen molar-refractivity contribution in [3.05, 3.63) is 99.0 Å². The maximum absolute atomic E-state index is 13.9. The Morgan fingerprint density at radius 2 is 1.68 bits per heavy atom. The van der Waals surface area contributed by atoms with E-state index >= 15 is 0 Å². The Kier molecular flexibility index (Phi) is 8.44. The van der Waals surface area contributed by atoms with Crippen LogP contribution >= 0.6 is 15.9 Å². The molecular formula is C30H32BrN3O3. The molecule has 0 fully saturated rings. The number of fused-ring (bicyclic) bond motifs is 1. The monoisotopic (exact) mass is 561 g/mol. The summed E-state index contributed by atoms with van der Waals surface area (Å²) in [5.41, 5.74) is 1.73. The van der Waals surface area contributed by atoms with Crippen LogP contribution in [0.2, 0.25) is 0 Å². The molecule has 3 aromatic carbocycles. The van der Waals surface area contributed by atoms with Crippen LogP contribution in [-0.4, -0.2) is 33.5 Å². The lowest BCUT2D eigenvalue weighted by Crippen LogP contribution is -2.40. The van der Waals surface area contributed by atoms with Gasteiger partial charge in [0.15, 0.2) is 0 Å². The summed E-state index contributed by atoms with van der Waals surface area (Å²) >= 11 is 3.45. The van der Waals surface area contributed by atoms with Gasteiger partial charge in [-0.05, 0) is 79.9 Å². The standard InChI is InChI=1S/C30H32BrN3O3/c1-5-27(33(19-20(3)4)29(35)21-11-13-22(31)14-12-21)28-32-26-10-8-7-9-25(26)30(36)34(28)23-15-17-24(18-16-23)37-6-2/h7-18,20,27H,5-6,19H2,1-4H3. The summed E-state index contributed by atoms with van der Waals surface area (Å²) in [5.74, 6) is 1.41. The Labute approximate surface area is 226 Å². The predicted octanol–water partition coefficient (Wildman–Crippen LogP) is 6.80. The third kappa shape index (κ3) is 5.77. The van der Waals surface area contributed by atoms with E-state index in [-0.39, 0.29) is 17.4 Å². The Hall–Kier alpha value is -3.45. The van der Waals surface area contributed by atoms with Crippen LogP contribution in [0.1, 0.15) is 56.3 Å². The molecule has 1 aromatic heterocycles. The van der Waals surface area contributed by atoms with Crippen LogP contribution in [-0.2, 0) is 0 Å².